The molecular weight excluding hydrogens is 263 g/mol. The summed E-state index contributed by atoms with van der Waals surface area (Å²) in [7, 11) is 1.89. The van der Waals surface area contributed by atoms with E-state index in [0.29, 0.717) is 12.2 Å². The summed E-state index contributed by atoms with van der Waals surface area (Å²) < 4.78 is 14.8. The molecule has 2 rings (SSSR count). The van der Waals surface area contributed by atoms with E-state index in [0.717, 1.165) is 17.0 Å². The van der Waals surface area contributed by atoms with Gasteiger partial charge in [-0.15, -0.1) is 11.8 Å². The number of aliphatic hydroxyl groups is 1. The van der Waals surface area contributed by atoms with Gasteiger partial charge in [0.2, 0.25) is 0 Å². The summed E-state index contributed by atoms with van der Waals surface area (Å²) >= 11 is 1.47. The zero-order valence-electron chi connectivity index (χ0n) is 10.8. The zero-order valence-corrected chi connectivity index (χ0v) is 11.6. The molecule has 102 valence electrons. The van der Waals surface area contributed by atoms with Crippen LogP contribution < -0.4 is 0 Å². The van der Waals surface area contributed by atoms with Gasteiger partial charge in [0, 0.05) is 29.6 Å². The van der Waals surface area contributed by atoms with Crippen molar-refractivity contribution in [2.24, 2.45) is 7.05 Å². The van der Waals surface area contributed by atoms with Crippen molar-refractivity contribution in [2.75, 3.05) is 5.75 Å². The Bertz CT molecular complexity index is 530. The van der Waals surface area contributed by atoms with Gasteiger partial charge in [0.1, 0.15) is 5.82 Å². The number of hydrogen-bond donors (Lipinski definition) is 1. The van der Waals surface area contributed by atoms with Gasteiger partial charge in [0.15, 0.2) is 0 Å². The van der Waals surface area contributed by atoms with E-state index in [1.807, 2.05) is 23.9 Å². The van der Waals surface area contributed by atoms with Gasteiger partial charge in [-0.2, -0.15) is 5.10 Å². The second-order valence-corrected chi connectivity index (χ2v) is 5.50. The minimum atomic E-state index is -0.400. The van der Waals surface area contributed by atoms with E-state index in [4.69, 9.17) is 0 Å². The number of nitrogens with zero attached hydrogens (tertiary/aromatic N) is 2. The van der Waals surface area contributed by atoms with Gasteiger partial charge >= 0.3 is 0 Å². The summed E-state index contributed by atoms with van der Waals surface area (Å²) in [6, 6.07) is 8.38. The maximum Gasteiger partial charge on any atom is 0.124 e. The Morgan fingerprint density at radius 2 is 2.26 bits per heavy atom. The van der Waals surface area contributed by atoms with Crippen LogP contribution in [0, 0.1) is 5.82 Å². The number of halogens is 1. The fraction of sp³-hybridized carbons (Fsp3) is 0.357. The lowest BCUT2D eigenvalue weighted by molar-refractivity contribution is 0.188. The molecule has 2 aromatic rings. The Morgan fingerprint density at radius 1 is 1.42 bits per heavy atom. The highest BCUT2D eigenvalue weighted by atomic mass is 32.2. The summed E-state index contributed by atoms with van der Waals surface area (Å²) in [6.45, 7) is 0. The summed E-state index contributed by atoms with van der Waals surface area (Å²) in [5, 5.41) is 14.0. The molecule has 3 nitrogen and oxygen atoms in total. The minimum Gasteiger partial charge on any atom is -0.392 e. The molecule has 1 atom stereocenters. The zero-order chi connectivity index (χ0) is 13.7. The first-order chi connectivity index (χ1) is 9.15. The highest BCUT2D eigenvalue weighted by molar-refractivity contribution is 7.99. The first kappa shape index (κ1) is 14.1. The summed E-state index contributed by atoms with van der Waals surface area (Å²) in [5.74, 6) is 0.329. The van der Waals surface area contributed by atoms with E-state index in [9.17, 15) is 9.50 Å². The molecule has 1 unspecified atom stereocenters. The van der Waals surface area contributed by atoms with Crippen LogP contribution in [0.3, 0.4) is 0 Å². The smallest absolute Gasteiger partial charge is 0.124 e. The highest BCUT2D eigenvalue weighted by Gasteiger charge is 2.07. The van der Waals surface area contributed by atoms with E-state index in [-0.39, 0.29) is 5.82 Å². The number of aromatic nitrogens is 2. The number of hydrogen-bond acceptors (Lipinski definition) is 3. The topological polar surface area (TPSA) is 38.0 Å². The molecule has 1 aromatic carbocycles. The molecule has 0 aliphatic heterocycles. The van der Waals surface area contributed by atoms with Gasteiger partial charge in [-0.1, -0.05) is 6.07 Å². The molecule has 1 aromatic heterocycles. The molecule has 0 bridgehead atoms. The predicted molar refractivity (Wildman–Crippen MR) is 74.7 cm³/mol. The summed E-state index contributed by atoms with van der Waals surface area (Å²) in [6.07, 6.45) is 2.83. The number of thioether (sulfide) groups is 1. The lowest BCUT2D eigenvalue weighted by Crippen LogP contribution is -2.12. The second kappa shape index (κ2) is 6.73. The number of aryl methyl sites for hydroxylation is 2. The van der Waals surface area contributed by atoms with Gasteiger partial charge < -0.3 is 5.11 Å². The summed E-state index contributed by atoms with van der Waals surface area (Å²) in [5.41, 5.74) is 1.11. The van der Waals surface area contributed by atoms with E-state index >= 15 is 0 Å². The van der Waals surface area contributed by atoms with Gasteiger partial charge in [0.25, 0.3) is 0 Å². The van der Waals surface area contributed by atoms with Crippen LogP contribution in [-0.4, -0.2) is 26.7 Å². The molecule has 0 aliphatic rings. The molecule has 1 heterocycles. The SMILES string of the molecule is Cn1nccc1CCC(O)CSc1cccc(F)c1. The van der Waals surface area contributed by atoms with Crippen molar-refractivity contribution >= 4 is 11.8 Å². The molecule has 0 aliphatic carbocycles. The Hall–Kier alpha value is -1.33. The highest BCUT2D eigenvalue weighted by Crippen LogP contribution is 2.20. The van der Waals surface area contributed by atoms with Gasteiger partial charge in [-0.3, -0.25) is 4.68 Å². The van der Waals surface area contributed by atoms with Crippen molar-refractivity contribution in [1.29, 1.82) is 0 Å². The van der Waals surface area contributed by atoms with Gasteiger partial charge in [-0.05, 0) is 37.1 Å². The van der Waals surface area contributed by atoms with Crippen molar-refractivity contribution in [1.82, 2.24) is 9.78 Å². The van der Waals surface area contributed by atoms with Crippen LogP contribution in [0.15, 0.2) is 41.4 Å². The van der Waals surface area contributed by atoms with Crippen molar-refractivity contribution in [3.8, 4) is 0 Å². The molecule has 5 heteroatoms. The van der Waals surface area contributed by atoms with E-state index in [1.54, 1.807) is 12.3 Å². The molecule has 1 N–H and O–H groups in total. The van der Waals surface area contributed by atoms with Crippen LogP contribution in [-0.2, 0) is 13.5 Å². The maximum absolute atomic E-state index is 13.0. The molecule has 0 saturated carbocycles. The summed E-state index contributed by atoms with van der Waals surface area (Å²) in [4.78, 5) is 0.847. The van der Waals surface area contributed by atoms with Crippen molar-refractivity contribution in [3.05, 3.63) is 48.0 Å². The fourth-order valence-corrected chi connectivity index (χ4v) is 2.72. The van der Waals surface area contributed by atoms with Crippen LogP contribution in [0.5, 0.6) is 0 Å². The largest absolute Gasteiger partial charge is 0.392 e. The average Bonchev–Trinajstić information content (AvgIpc) is 2.80. The van der Waals surface area contributed by atoms with Crippen LogP contribution in [0.1, 0.15) is 12.1 Å². The van der Waals surface area contributed by atoms with Gasteiger partial charge in [0.05, 0.1) is 6.10 Å². The normalized spacial score (nSPS) is 12.6. The molecule has 19 heavy (non-hydrogen) atoms. The third kappa shape index (κ3) is 4.36. The lowest BCUT2D eigenvalue weighted by Gasteiger charge is -2.10. The monoisotopic (exact) mass is 280 g/mol. The number of benzene rings is 1. The van der Waals surface area contributed by atoms with Crippen LogP contribution >= 0.6 is 11.8 Å². The number of rotatable bonds is 6. The maximum atomic E-state index is 13.0. The van der Waals surface area contributed by atoms with Crippen molar-refractivity contribution < 1.29 is 9.50 Å². The van der Waals surface area contributed by atoms with E-state index < -0.39 is 6.10 Å². The Kier molecular flexibility index (Phi) is 4.99. The Morgan fingerprint density at radius 3 is 2.95 bits per heavy atom. The first-order valence-corrected chi connectivity index (χ1v) is 7.17. The molecule has 0 amide bonds. The Labute approximate surface area is 116 Å². The van der Waals surface area contributed by atoms with E-state index in [2.05, 4.69) is 5.10 Å². The standard InChI is InChI=1S/C14H17FN2OS/c1-17-12(7-8-16-17)5-6-13(18)10-19-14-4-2-3-11(15)9-14/h2-4,7-9,13,18H,5-6,10H2,1H3. The lowest BCUT2D eigenvalue weighted by atomic mass is 10.2. The predicted octanol–water partition coefficient (Wildman–Crippen LogP) is 2.65. The Balaban J connectivity index is 1.76. The van der Waals surface area contributed by atoms with Crippen LogP contribution in [0.4, 0.5) is 4.39 Å². The van der Waals surface area contributed by atoms with E-state index in [1.165, 1.54) is 23.9 Å². The first-order valence-electron chi connectivity index (χ1n) is 6.18. The third-order valence-electron chi connectivity index (χ3n) is 2.89. The van der Waals surface area contributed by atoms with Crippen molar-refractivity contribution in [3.63, 3.8) is 0 Å². The van der Waals surface area contributed by atoms with Gasteiger partial charge in [-0.25, -0.2) is 4.39 Å². The molecule has 0 fully saturated rings. The second-order valence-electron chi connectivity index (χ2n) is 4.41. The van der Waals surface area contributed by atoms with Crippen LogP contribution in [0.2, 0.25) is 0 Å². The van der Waals surface area contributed by atoms with Crippen molar-refractivity contribution in [2.45, 2.75) is 23.8 Å². The molecular formula is C14H17FN2OS. The minimum absolute atomic E-state index is 0.241. The average molecular weight is 280 g/mol. The van der Waals surface area contributed by atoms with Crippen LogP contribution in [0.25, 0.3) is 0 Å². The number of aliphatic hydroxyl groups excluding tert-OH is 1. The molecule has 0 saturated heterocycles. The quantitative estimate of drug-likeness (QED) is 0.827. The molecule has 0 spiro atoms. The fourth-order valence-electron chi connectivity index (χ4n) is 1.79. The third-order valence-corrected chi connectivity index (χ3v) is 4.03. The molecule has 0 radical (unpaired) electrons.